The van der Waals surface area contributed by atoms with Crippen LogP contribution >= 0.6 is 11.6 Å². The molecule has 0 aromatic carbocycles. The SMILES string of the molecule is Cc1c(Cl)n(CC2CCC(C)CC2)[nH]c1=O. The third-order valence-corrected chi connectivity index (χ3v) is 4.19. The smallest absolute Gasteiger partial charge is 0.268 e. The van der Waals surface area contributed by atoms with Gasteiger partial charge in [0.15, 0.2) is 0 Å². The zero-order valence-electron chi connectivity index (χ0n) is 9.92. The molecular weight excluding hydrogens is 224 g/mol. The lowest BCUT2D eigenvalue weighted by molar-refractivity contribution is 0.257. The van der Waals surface area contributed by atoms with Gasteiger partial charge in [-0.25, -0.2) is 0 Å². The number of nitrogens with zero attached hydrogens (tertiary/aromatic N) is 1. The van der Waals surface area contributed by atoms with Gasteiger partial charge in [-0.05, 0) is 31.6 Å². The highest BCUT2D eigenvalue weighted by atomic mass is 35.5. The number of halogens is 1. The normalized spacial score (nSPS) is 25.9. The molecule has 0 aliphatic heterocycles. The van der Waals surface area contributed by atoms with Crippen molar-refractivity contribution in [1.82, 2.24) is 9.78 Å². The Hall–Kier alpha value is -0.700. The van der Waals surface area contributed by atoms with Crippen LogP contribution < -0.4 is 5.56 Å². The monoisotopic (exact) mass is 242 g/mol. The van der Waals surface area contributed by atoms with E-state index >= 15 is 0 Å². The maximum atomic E-state index is 11.4. The largest absolute Gasteiger partial charge is 0.273 e. The molecule has 1 heterocycles. The minimum atomic E-state index is -0.0609. The van der Waals surface area contributed by atoms with Crippen molar-refractivity contribution >= 4 is 11.6 Å². The molecule has 1 aliphatic rings. The summed E-state index contributed by atoms with van der Waals surface area (Å²) in [5, 5.41) is 3.37. The number of rotatable bonds is 2. The number of hydrogen-bond acceptors (Lipinski definition) is 1. The molecule has 1 aromatic rings. The summed E-state index contributed by atoms with van der Waals surface area (Å²) in [4.78, 5) is 11.4. The highest BCUT2D eigenvalue weighted by Crippen LogP contribution is 2.29. The van der Waals surface area contributed by atoms with E-state index in [0.717, 1.165) is 12.5 Å². The predicted octanol–water partition coefficient (Wildman–Crippen LogP) is 2.96. The summed E-state index contributed by atoms with van der Waals surface area (Å²) in [6.07, 6.45) is 5.09. The summed E-state index contributed by atoms with van der Waals surface area (Å²) in [6, 6.07) is 0. The Morgan fingerprint density at radius 1 is 1.38 bits per heavy atom. The van der Waals surface area contributed by atoms with E-state index < -0.39 is 0 Å². The van der Waals surface area contributed by atoms with Crippen molar-refractivity contribution in [3.05, 3.63) is 21.1 Å². The van der Waals surface area contributed by atoms with Crippen molar-refractivity contribution in [2.24, 2.45) is 11.8 Å². The molecule has 0 radical (unpaired) electrons. The third-order valence-electron chi connectivity index (χ3n) is 3.70. The van der Waals surface area contributed by atoms with E-state index in [1.807, 2.05) is 0 Å². The van der Waals surface area contributed by atoms with Crippen LogP contribution in [0.5, 0.6) is 0 Å². The number of H-pyrrole nitrogens is 1. The van der Waals surface area contributed by atoms with E-state index in [1.165, 1.54) is 25.7 Å². The van der Waals surface area contributed by atoms with Crippen LogP contribution in [0.2, 0.25) is 5.15 Å². The molecule has 3 nitrogen and oxygen atoms in total. The molecule has 16 heavy (non-hydrogen) atoms. The Labute approximate surface area is 101 Å². The summed E-state index contributed by atoms with van der Waals surface area (Å²) < 4.78 is 1.81. The third kappa shape index (κ3) is 2.34. The first kappa shape index (κ1) is 11.8. The van der Waals surface area contributed by atoms with Gasteiger partial charge in [-0.15, -0.1) is 0 Å². The minimum absolute atomic E-state index is 0.0609. The molecule has 90 valence electrons. The van der Waals surface area contributed by atoms with Crippen LogP contribution in [0, 0.1) is 18.8 Å². The summed E-state index contributed by atoms with van der Waals surface area (Å²) in [5.41, 5.74) is 0.569. The second kappa shape index (κ2) is 4.66. The van der Waals surface area contributed by atoms with E-state index in [-0.39, 0.29) is 5.56 Å². The molecule has 1 aliphatic carbocycles. The zero-order valence-corrected chi connectivity index (χ0v) is 10.7. The van der Waals surface area contributed by atoms with Gasteiger partial charge in [-0.3, -0.25) is 14.6 Å². The van der Waals surface area contributed by atoms with Crippen LogP contribution in [0.3, 0.4) is 0 Å². The maximum absolute atomic E-state index is 11.4. The number of aromatic nitrogens is 2. The zero-order chi connectivity index (χ0) is 11.7. The molecule has 0 bridgehead atoms. The Balaban J connectivity index is 2.04. The number of hydrogen-bond donors (Lipinski definition) is 1. The molecule has 0 unspecified atom stereocenters. The number of aromatic amines is 1. The van der Waals surface area contributed by atoms with E-state index in [4.69, 9.17) is 11.6 Å². The lowest BCUT2D eigenvalue weighted by Crippen LogP contribution is -2.19. The maximum Gasteiger partial charge on any atom is 0.268 e. The van der Waals surface area contributed by atoms with Gasteiger partial charge in [-0.1, -0.05) is 31.4 Å². The average molecular weight is 243 g/mol. The Morgan fingerprint density at radius 2 is 2.00 bits per heavy atom. The molecule has 2 rings (SSSR count). The van der Waals surface area contributed by atoms with Gasteiger partial charge in [-0.2, -0.15) is 0 Å². The fraction of sp³-hybridized carbons (Fsp3) is 0.750. The van der Waals surface area contributed by atoms with Gasteiger partial charge < -0.3 is 0 Å². The molecule has 0 saturated heterocycles. The van der Waals surface area contributed by atoms with Gasteiger partial charge in [0.2, 0.25) is 0 Å². The topological polar surface area (TPSA) is 37.8 Å². The van der Waals surface area contributed by atoms with Gasteiger partial charge in [0.25, 0.3) is 5.56 Å². The van der Waals surface area contributed by atoms with Crippen molar-refractivity contribution in [2.75, 3.05) is 0 Å². The fourth-order valence-electron chi connectivity index (χ4n) is 2.45. The molecule has 1 aromatic heterocycles. The van der Waals surface area contributed by atoms with Crippen molar-refractivity contribution in [1.29, 1.82) is 0 Å². The lowest BCUT2D eigenvalue weighted by Gasteiger charge is -2.26. The van der Waals surface area contributed by atoms with Crippen molar-refractivity contribution < 1.29 is 0 Å². The molecule has 1 N–H and O–H groups in total. The van der Waals surface area contributed by atoms with Crippen LogP contribution in [0.4, 0.5) is 0 Å². The molecule has 0 amide bonds. The quantitative estimate of drug-likeness (QED) is 0.851. The average Bonchev–Trinajstić information content (AvgIpc) is 2.50. The molecule has 1 saturated carbocycles. The van der Waals surface area contributed by atoms with Crippen LogP contribution in [-0.4, -0.2) is 9.78 Å². The van der Waals surface area contributed by atoms with Gasteiger partial charge >= 0.3 is 0 Å². The predicted molar refractivity (Wildman–Crippen MR) is 65.9 cm³/mol. The summed E-state index contributed by atoms with van der Waals surface area (Å²) in [6.45, 7) is 4.93. The second-order valence-corrected chi connectivity index (χ2v) is 5.45. The van der Waals surface area contributed by atoms with E-state index in [1.54, 1.807) is 11.6 Å². The highest BCUT2D eigenvalue weighted by Gasteiger charge is 2.20. The van der Waals surface area contributed by atoms with Gasteiger partial charge in [0.05, 0.1) is 5.56 Å². The first-order valence-corrected chi connectivity index (χ1v) is 6.40. The van der Waals surface area contributed by atoms with E-state index in [0.29, 0.717) is 16.6 Å². The van der Waals surface area contributed by atoms with Crippen LogP contribution in [-0.2, 0) is 6.54 Å². The molecule has 1 fully saturated rings. The first-order valence-electron chi connectivity index (χ1n) is 6.03. The molecule has 0 spiro atoms. The van der Waals surface area contributed by atoms with Crippen LogP contribution in [0.25, 0.3) is 0 Å². The Morgan fingerprint density at radius 3 is 2.50 bits per heavy atom. The van der Waals surface area contributed by atoms with E-state index in [2.05, 4.69) is 12.0 Å². The van der Waals surface area contributed by atoms with Crippen LogP contribution in [0.15, 0.2) is 4.79 Å². The Kier molecular flexibility index (Phi) is 3.43. The van der Waals surface area contributed by atoms with E-state index in [9.17, 15) is 4.79 Å². The first-order chi connectivity index (χ1) is 7.58. The van der Waals surface area contributed by atoms with Gasteiger partial charge in [0.1, 0.15) is 5.15 Å². The standard InChI is InChI=1S/C12H19ClN2O/c1-8-3-5-10(6-4-8)7-15-11(13)9(2)12(16)14-15/h8,10H,3-7H2,1-2H3,(H,14,16). The highest BCUT2D eigenvalue weighted by molar-refractivity contribution is 6.30. The lowest BCUT2D eigenvalue weighted by atomic mass is 9.83. The summed E-state index contributed by atoms with van der Waals surface area (Å²) in [5.74, 6) is 1.52. The molecule has 4 heteroatoms. The van der Waals surface area contributed by atoms with Crippen molar-refractivity contribution in [2.45, 2.75) is 46.1 Å². The van der Waals surface area contributed by atoms with Crippen molar-refractivity contribution in [3.8, 4) is 0 Å². The van der Waals surface area contributed by atoms with Gasteiger partial charge in [0, 0.05) is 6.54 Å². The number of nitrogens with one attached hydrogen (secondary N) is 1. The van der Waals surface area contributed by atoms with Crippen molar-refractivity contribution in [3.63, 3.8) is 0 Å². The minimum Gasteiger partial charge on any atom is -0.273 e. The summed E-state index contributed by atoms with van der Waals surface area (Å²) >= 11 is 6.09. The molecular formula is C12H19ClN2O. The van der Waals surface area contributed by atoms with Crippen LogP contribution in [0.1, 0.15) is 38.2 Å². The second-order valence-electron chi connectivity index (χ2n) is 5.09. The molecule has 0 atom stereocenters. The Bertz CT molecular complexity index is 413. The summed E-state index contributed by atoms with van der Waals surface area (Å²) in [7, 11) is 0. The fourth-order valence-corrected chi connectivity index (χ4v) is 2.64.